The molecule has 0 radical (unpaired) electrons. The number of benzene rings is 4. The second kappa shape index (κ2) is 8.83. The molecule has 0 aliphatic carbocycles. The quantitative estimate of drug-likeness (QED) is 0.306. The highest BCUT2D eigenvalue weighted by Crippen LogP contribution is 2.50. The first-order valence-corrected chi connectivity index (χ1v) is 13.2. The molecule has 9 heteroatoms. The number of halogens is 1. The minimum atomic E-state index is -3.94. The van der Waals surface area contributed by atoms with E-state index in [1.165, 1.54) is 52.5 Å². The molecule has 0 aromatic heterocycles. The molecule has 5 rings (SSSR count). The van der Waals surface area contributed by atoms with Gasteiger partial charge in [-0.2, -0.15) is 0 Å². The van der Waals surface area contributed by atoms with Crippen molar-refractivity contribution >= 4 is 60.7 Å². The van der Waals surface area contributed by atoms with E-state index in [2.05, 4.69) is 21.2 Å². The lowest BCUT2D eigenvalue weighted by molar-refractivity contribution is 0.102. The van der Waals surface area contributed by atoms with Gasteiger partial charge in [0.2, 0.25) is 0 Å². The number of anilines is 3. The predicted molar refractivity (Wildman–Crippen MR) is 137 cm³/mol. The van der Waals surface area contributed by atoms with Crippen molar-refractivity contribution in [3.8, 4) is 5.75 Å². The molecule has 2 N–H and O–H groups in total. The summed E-state index contributed by atoms with van der Waals surface area (Å²) in [4.78, 5) is 14.4. The fourth-order valence-corrected chi connectivity index (χ4v) is 6.70. The number of phenolic OH excluding ortho intramolecular Hbond substituents is 1. The van der Waals surface area contributed by atoms with E-state index in [-0.39, 0.29) is 16.2 Å². The van der Waals surface area contributed by atoms with Crippen LogP contribution in [0.1, 0.15) is 10.4 Å². The summed E-state index contributed by atoms with van der Waals surface area (Å²) in [5.41, 5.74) is 1.69. The van der Waals surface area contributed by atoms with Gasteiger partial charge in [0.15, 0.2) is 0 Å². The molecule has 34 heavy (non-hydrogen) atoms. The van der Waals surface area contributed by atoms with E-state index in [1.54, 1.807) is 18.2 Å². The molecule has 0 unspecified atom stereocenters. The first-order valence-electron chi connectivity index (χ1n) is 10.2. The number of nitrogens with one attached hydrogen (secondary N) is 1. The molecular weight excluding hydrogens is 536 g/mol. The van der Waals surface area contributed by atoms with Gasteiger partial charge in [0.05, 0.1) is 21.8 Å². The lowest BCUT2D eigenvalue weighted by atomic mass is 10.2. The van der Waals surface area contributed by atoms with Gasteiger partial charge in [-0.1, -0.05) is 52.0 Å². The Hall–Kier alpha value is -3.27. The van der Waals surface area contributed by atoms with Gasteiger partial charge in [-0.05, 0) is 66.7 Å². The van der Waals surface area contributed by atoms with Gasteiger partial charge in [0.25, 0.3) is 15.9 Å². The SMILES string of the molecule is O=C(Nc1ccc(S(=O)(=O)N2c3ccccc3Sc3ccccc32)cc1)c1cc(Br)ccc1O. The smallest absolute Gasteiger partial charge is 0.268 e. The van der Waals surface area contributed by atoms with E-state index in [0.29, 0.717) is 21.5 Å². The van der Waals surface area contributed by atoms with E-state index in [0.717, 1.165) is 9.79 Å². The number of sulfonamides is 1. The lowest BCUT2D eigenvalue weighted by Gasteiger charge is -2.31. The van der Waals surface area contributed by atoms with Gasteiger partial charge in [0, 0.05) is 20.0 Å². The van der Waals surface area contributed by atoms with Crippen LogP contribution in [0.4, 0.5) is 17.1 Å². The van der Waals surface area contributed by atoms with E-state index in [9.17, 15) is 18.3 Å². The number of rotatable bonds is 4. The summed E-state index contributed by atoms with van der Waals surface area (Å²) in [7, 11) is -3.94. The maximum Gasteiger partial charge on any atom is 0.268 e. The van der Waals surface area contributed by atoms with Crippen LogP contribution >= 0.6 is 27.7 Å². The standard InChI is InChI=1S/C25H17BrN2O4S2/c26-16-9-14-22(29)19(15-16)25(30)27-17-10-12-18(13-11-17)34(31,32)28-20-5-1-3-7-23(20)33-24-8-4-2-6-21(24)28/h1-15,29H,(H,27,30). The number of hydrogen-bond acceptors (Lipinski definition) is 5. The molecule has 4 aromatic rings. The van der Waals surface area contributed by atoms with Crippen molar-refractivity contribution in [2.75, 3.05) is 9.62 Å². The van der Waals surface area contributed by atoms with Gasteiger partial charge in [-0.15, -0.1) is 0 Å². The minimum Gasteiger partial charge on any atom is -0.507 e. The molecule has 170 valence electrons. The Balaban J connectivity index is 1.47. The summed E-state index contributed by atoms with van der Waals surface area (Å²) in [6.45, 7) is 0. The Morgan fingerprint density at radius 1 is 0.853 bits per heavy atom. The molecule has 1 amide bonds. The second-order valence-corrected chi connectivity index (χ2v) is 11.2. The molecule has 0 fully saturated rings. The van der Waals surface area contributed by atoms with Crippen molar-refractivity contribution in [3.05, 3.63) is 101 Å². The van der Waals surface area contributed by atoms with Crippen LogP contribution in [0.15, 0.2) is 110 Å². The summed E-state index contributed by atoms with van der Waals surface area (Å²) < 4.78 is 29.5. The summed E-state index contributed by atoms with van der Waals surface area (Å²) in [5.74, 6) is -0.662. The van der Waals surface area contributed by atoms with Crippen molar-refractivity contribution in [3.63, 3.8) is 0 Å². The first-order chi connectivity index (χ1) is 16.3. The van der Waals surface area contributed by atoms with Crippen LogP contribution in [0, 0.1) is 0 Å². The largest absolute Gasteiger partial charge is 0.507 e. The second-order valence-electron chi connectivity index (χ2n) is 7.45. The molecule has 0 saturated heterocycles. The Kier molecular flexibility index (Phi) is 5.85. The third-order valence-corrected chi connectivity index (χ3v) is 8.61. The number of fused-ring (bicyclic) bond motifs is 2. The molecule has 1 heterocycles. The van der Waals surface area contributed by atoms with Crippen LogP contribution in [0.25, 0.3) is 0 Å². The monoisotopic (exact) mass is 552 g/mol. The Morgan fingerprint density at radius 3 is 2.06 bits per heavy atom. The van der Waals surface area contributed by atoms with Gasteiger partial charge in [-0.25, -0.2) is 12.7 Å². The first kappa shape index (κ1) is 22.5. The third kappa shape index (κ3) is 4.06. The highest BCUT2D eigenvalue weighted by atomic mass is 79.9. The summed E-state index contributed by atoms with van der Waals surface area (Å²) in [5, 5.41) is 12.7. The topological polar surface area (TPSA) is 86.7 Å². The van der Waals surface area contributed by atoms with Crippen LogP contribution in [0.2, 0.25) is 0 Å². The third-order valence-electron chi connectivity index (χ3n) is 5.24. The summed E-state index contributed by atoms with van der Waals surface area (Å²) in [6.07, 6.45) is 0. The fourth-order valence-electron chi connectivity index (χ4n) is 3.63. The fraction of sp³-hybridized carbons (Fsp3) is 0. The Bertz CT molecular complexity index is 1480. The average molecular weight is 553 g/mol. The number of carbonyl (C=O) groups is 1. The van der Waals surface area contributed by atoms with Crippen molar-refractivity contribution in [2.24, 2.45) is 0 Å². The van der Waals surface area contributed by atoms with E-state index < -0.39 is 15.9 Å². The Morgan fingerprint density at radius 2 is 1.44 bits per heavy atom. The maximum absolute atomic E-state index is 13.7. The minimum absolute atomic E-state index is 0.0901. The normalized spacial score (nSPS) is 12.6. The van der Waals surface area contributed by atoms with Crippen molar-refractivity contribution in [2.45, 2.75) is 14.7 Å². The molecule has 0 spiro atoms. The van der Waals surface area contributed by atoms with Crippen molar-refractivity contribution in [1.29, 1.82) is 0 Å². The zero-order chi connectivity index (χ0) is 23.9. The zero-order valence-corrected chi connectivity index (χ0v) is 20.7. The number of phenols is 1. The van der Waals surface area contributed by atoms with Crippen LogP contribution in [0.3, 0.4) is 0 Å². The predicted octanol–water partition coefficient (Wildman–Crippen LogP) is 6.40. The lowest BCUT2D eigenvalue weighted by Crippen LogP contribution is -2.28. The van der Waals surface area contributed by atoms with Crippen molar-refractivity contribution in [1.82, 2.24) is 0 Å². The molecular formula is C25H17BrN2O4S2. The number of nitrogens with zero attached hydrogens (tertiary/aromatic N) is 1. The van der Waals surface area contributed by atoms with Crippen LogP contribution in [-0.4, -0.2) is 19.4 Å². The molecule has 6 nitrogen and oxygen atoms in total. The molecule has 0 atom stereocenters. The molecule has 4 aromatic carbocycles. The van der Waals surface area contributed by atoms with E-state index >= 15 is 0 Å². The number of carbonyl (C=O) groups excluding carboxylic acids is 1. The van der Waals surface area contributed by atoms with Gasteiger partial charge >= 0.3 is 0 Å². The van der Waals surface area contributed by atoms with E-state index in [1.807, 2.05) is 36.4 Å². The van der Waals surface area contributed by atoms with Gasteiger partial charge < -0.3 is 10.4 Å². The van der Waals surface area contributed by atoms with Crippen LogP contribution in [-0.2, 0) is 10.0 Å². The highest BCUT2D eigenvalue weighted by Gasteiger charge is 2.33. The maximum atomic E-state index is 13.7. The summed E-state index contributed by atoms with van der Waals surface area (Å²) >= 11 is 4.81. The summed E-state index contributed by atoms with van der Waals surface area (Å²) in [6, 6.07) is 25.3. The zero-order valence-electron chi connectivity index (χ0n) is 17.5. The highest BCUT2D eigenvalue weighted by molar-refractivity contribution is 9.10. The molecule has 0 saturated carbocycles. The van der Waals surface area contributed by atoms with E-state index in [4.69, 9.17) is 0 Å². The number of hydrogen-bond donors (Lipinski definition) is 2. The molecule has 0 bridgehead atoms. The van der Waals surface area contributed by atoms with Crippen LogP contribution < -0.4 is 9.62 Å². The molecule has 1 aliphatic heterocycles. The molecule has 1 aliphatic rings. The number of aromatic hydroxyl groups is 1. The number of para-hydroxylation sites is 2. The van der Waals surface area contributed by atoms with Crippen LogP contribution in [0.5, 0.6) is 5.75 Å². The van der Waals surface area contributed by atoms with Gasteiger partial charge in [-0.3, -0.25) is 4.79 Å². The Labute approximate surface area is 209 Å². The van der Waals surface area contributed by atoms with Gasteiger partial charge in [0.1, 0.15) is 5.75 Å². The number of amides is 1. The average Bonchev–Trinajstić information content (AvgIpc) is 2.84. The van der Waals surface area contributed by atoms with Crippen molar-refractivity contribution < 1.29 is 18.3 Å².